The largest absolute Gasteiger partial charge is 0.497 e. The van der Waals surface area contributed by atoms with Gasteiger partial charge in [-0.15, -0.1) is 0 Å². The Labute approximate surface area is 266 Å². The number of hydrogen-bond acceptors (Lipinski definition) is 7. The van der Waals surface area contributed by atoms with E-state index in [9.17, 15) is 18.4 Å². The fourth-order valence-electron chi connectivity index (χ4n) is 6.03. The number of nitrogens with zero attached hydrogens (tertiary/aromatic N) is 4. The molecule has 1 fully saturated rings. The van der Waals surface area contributed by atoms with Crippen LogP contribution < -0.4 is 14.8 Å². The molecule has 0 unspecified atom stereocenters. The molecule has 4 aromatic rings. The Hall–Kier alpha value is -5.06. The second kappa shape index (κ2) is 12.4. The number of methoxy groups -OCH3 is 2. The number of carbonyl (C=O) groups is 2. The summed E-state index contributed by atoms with van der Waals surface area (Å²) in [6.07, 6.45) is 2.02. The molecule has 0 radical (unpaired) electrons. The van der Waals surface area contributed by atoms with Crippen LogP contribution in [0.4, 0.5) is 20.3 Å². The van der Waals surface area contributed by atoms with Crippen LogP contribution in [0.3, 0.4) is 0 Å². The SMILES string of the molecule is COc1ccc(CN2Cc3nc(-c4c(F)cccc4F)nc(Nc4ccc(C(C)(C)C(=O)N5CCCC5)cc4)c3C2=O)c(OC)c1. The van der Waals surface area contributed by atoms with Crippen LogP contribution in [0.1, 0.15) is 53.9 Å². The van der Waals surface area contributed by atoms with E-state index in [1.807, 2.05) is 36.9 Å². The second-order valence-corrected chi connectivity index (χ2v) is 12.0. The van der Waals surface area contributed by atoms with Gasteiger partial charge >= 0.3 is 0 Å². The van der Waals surface area contributed by atoms with Gasteiger partial charge in [0.25, 0.3) is 5.91 Å². The minimum absolute atomic E-state index is 0.0788. The lowest BCUT2D eigenvalue weighted by Gasteiger charge is -2.29. The maximum atomic E-state index is 14.9. The number of aromatic nitrogens is 2. The first-order valence-electron chi connectivity index (χ1n) is 15.1. The van der Waals surface area contributed by atoms with Crippen LogP contribution >= 0.6 is 0 Å². The fourth-order valence-corrected chi connectivity index (χ4v) is 6.03. The van der Waals surface area contributed by atoms with E-state index in [1.165, 1.54) is 13.2 Å². The molecular formula is C35H35F2N5O4. The molecule has 2 amide bonds. The average molecular weight is 628 g/mol. The minimum Gasteiger partial charge on any atom is -0.497 e. The topological polar surface area (TPSA) is 96.9 Å². The quantitative estimate of drug-likeness (QED) is 0.235. The van der Waals surface area contributed by atoms with E-state index in [-0.39, 0.29) is 47.7 Å². The number of anilines is 2. The van der Waals surface area contributed by atoms with Gasteiger partial charge in [-0.1, -0.05) is 18.2 Å². The van der Waals surface area contributed by atoms with Crippen molar-refractivity contribution in [3.63, 3.8) is 0 Å². The summed E-state index contributed by atoms with van der Waals surface area (Å²) in [7, 11) is 3.09. The number of fused-ring (bicyclic) bond motifs is 1. The normalized spacial score (nSPS) is 14.4. The van der Waals surface area contributed by atoms with Crippen molar-refractivity contribution in [1.29, 1.82) is 0 Å². The first-order valence-corrected chi connectivity index (χ1v) is 15.1. The number of amides is 2. The van der Waals surface area contributed by atoms with Crippen molar-refractivity contribution >= 4 is 23.3 Å². The Kier molecular flexibility index (Phi) is 8.33. The number of ether oxygens (including phenoxy) is 2. The predicted octanol–water partition coefficient (Wildman–Crippen LogP) is 6.24. The van der Waals surface area contributed by atoms with E-state index in [4.69, 9.17) is 9.47 Å². The Morgan fingerprint density at radius 1 is 0.935 bits per heavy atom. The van der Waals surface area contributed by atoms with Crippen LogP contribution in [-0.4, -0.2) is 58.9 Å². The fraction of sp³-hybridized carbons (Fsp3) is 0.314. The molecule has 0 bridgehead atoms. The highest BCUT2D eigenvalue weighted by Crippen LogP contribution is 2.36. The third-order valence-electron chi connectivity index (χ3n) is 8.66. The third-order valence-corrected chi connectivity index (χ3v) is 8.66. The van der Waals surface area contributed by atoms with E-state index in [0.29, 0.717) is 22.9 Å². The van der Waals surface area contributed by atoms with Crippen molar-refractivity contribution in [1.82, 2.24) is 19.8 Å². The van der Waals surface area contributed by atoms with Gasteiger partial charge in [0.1, 0.15) is 34.5 Å². The van der Waals surface area contributed by atoms with Crippen LogP contribution in [0.25, 0.3) is 11.4 Å². The molecule has 3 heterocycles. The van der Waals surface area contributed by atoms with Gasteiger partial charge in [0, 0.05) is 30.4 Å². The predicted molar refractivity (Wildman–Crippen MR) is 169 cm³/mol. The van der Waals surface area contributed by atoms with Crippen molar-refractivity contribution in [3.8, 4) is 22.9 Å². The summed E-state index contributed by atoms with van der Waals surface area (Å²) in [5.74, 6) is -0.790. The van der Waals surface area contributed by atoms with Crippen LogP contribution in [-0.2, 0) is 23.3 Å². The highest BCUT2D eigenvalue weighted by atomic mass is 19.1. The summed E-state index contributed by atoms with van der Waals surface area (Å²) < 4.78 is 40.6. The molecule has 46 heavy (non-hydrogen) atoms. The maximum Gasteiger partial charge on any atom is 0.260 e. The second-order valence-electron chi connectivity index (χ2n) is 12.0. The third kappa shape index (κ3) is 5.73. The Morgan fingerprint density at radius 2 is 1.63 bits per heavy atom. The van der Waals surface area contributed by atoms with E-state index >= 15 is 0 Å². The zero-order valence-electron chi connectivity index (χ0n) is 26.2. The molecule has 11 heteroatoms. The number of hydrogen-bond donors (Lipinski definition) is 1. The van der Waals surface area contributed by atoms with Gasteiger partial charge < -0.3 is 24.6 Å². The van der Waals surface area contributed by atoms with E-state index < -0.39 is 17.0 Å². The summed E-state index contributed by atoms with van der Waals surface area (Å²) >= 11 is 0. The molecule has 238 valence electrons. The zero-order chi connectivity index (χ0) is 32.6. The Balaban J connectivity index is 1.34. The molecule has 9 nitrogen and oxygen atoms in total. The smallest absolute Gasteiger partial charge is 0.260 e. The first-order chi connectivity index (χ1) is 22.1. The van der Waals surface area contributed by atoms with Gasteiger partial charge in [0.05, 0.1) is 44.0 Å². The zero-order valence-corrected chi connectivity index (χ0v) is 26.2. The highest BCUT2D eigenvalue weighted by molar-refractivity contribution is 6.03. The number of likely N-dealkylation sites (tertiary alicyclic amines) is 1. The summed E-state index contributed by atoms with van der Waals surface area (Å²) in [6, 6.07) is 16.2. The Morgan fingerprint density at radius 3 is 2.28 bits per heavy atom. The first kappa shape index (κ1) is 30.9. The Bertz CT molecular complexity index is 1790. The molecule has 1 N–H and O–H groups in total. The van der Waals surface area contributed by atoms with Crippen LogP contribution in [0.2, 0.25) is 0 Å². The summed E-state index contributed by atoms with van der Waals surface area (Å²) in [4.78, 5) is 39.5. The molecular weight excluding hydrogens is 592 g/mol. The van der Waals surface area contributed by atoms with Gasteiger partial charge in [0.15, 0.2) is 5.82 Å². The van der Waals surface area contributed by atoms with Crippen molar-refractivity contribution in [2.24, 2.45) is 0 Å². The molecule has 3 aromatic carbocycles. The van der Waals surface area contributed by atoms with Gasteiger partial charge in [0.2, 0.25) is 5.91 Å². The van der Waals surface area contributed by atoms with E-state index in [1.54, 1.807) is 36.3 Å². The van der Waals surface area contributed by atoms with Crippen LogP contribution in [0.5, 0.6) is 11.5 Å². The standard InChI is InChI=1S/C35H35F2N5O4/c1-35(2,34(44)41-16-5-6-17-41)22-11-13-23(14-12-22)38-32-30-27(39-31(40-32)29-25(36)8-7-9-26(29)37)20-42(33(30)43)19-21-10-15-24(45-3)18-28(21)46-4/h7-15,18H,5-6,16-17,19-20H2,1-4H3,(H,38,39,40). The van der Waals surface area contributed by atoms with Gasteiger partial charge in [-0.05, 0) is 68.7 Å². The summed E-state index contributed by atoms with van der Waals surface area (Å²) in [6.45, 7) is 5.64. The van der Waals surface area contributed by atoms with Crippen molar-refractivity contribution in [2.45, 2.75) is 45.2 Å². The molecule has 1 aromatic heterocycles. The van der Waals surface area contributed by atoms with Gasteiger partial charge in [-0.2, -0.15) is 0 Å². The summed E-state index contributed by atoms with van der Waals surface area (Å²) in [5.41, 5.74) is 1.60. The van der Waals surface area contributed by atoms with Crippen molar-refractivity contribution in [2.75, 3.05) is 32.6 Å². The van der Waals surface area contributed by atoms with Crippen LogP contribution in [0.15, 0.2) is 60.7 Å². The molecule has 2 aliphatic rings. The number of carbonyl (C=O) groups excluding carboxylic acids is 2. The minimum atomic E-state index is -0.815. The monoisotopic (exact) mass is 627 g/mol. The maximum absolute atomic E-state index is 14.9. The van der Waals surface area contributed by atoms with Gasteiger partial charge in [-0.3, -0.25) is 9.59 Å². The van der Waals surface area contributed by atoms with E-state index in [0.717, 1.165) is 49.2 Å². The lowest BCUT2D eigenvalue weighted by atomic mass is 9.83. The number of halogens is 2. The number of nitrogens with one attached hydrogen (secondary N) is 1. The molecule has 6 rings (SSSR count). The lowest BCUT2D eigenvalue weighted by molar-refractivity contribution is -0.135. The van der Waals surface area contributed by atoms with Crippen molar-refractivity contribution < 1.29 is 27.8 Å². The van der Waals surface area contributed by atoms with Gasteiger partial charge in [-0.25, -0.2) is 18.7 Å². The summed E-state index contributed by atoms with van der Waals surface area (Å²) in [5, 5.41) is 3.19. The number of benzene rings is 3. The molecule has 0 atom stereocenters. The van der Waals surface area contributed by atoms with E-state index in [2.05, 4.69) is 15.3 Å². The lowest BCUT2D eigenvalue weighted by Crippen LogP contribution is -2.41. The van der Waals surface area contributed by atoms with Crippen LogP contribution in [0, 0.1) is 11.6 Å². The highest BCUT2D eigenvalue weighted by Gasteiger charge is 2.36. The molecule has 2 aliphatic heterocycles. The molecule has 0 aliphatic carbocycles. The average Bonchev–Trinajstić information content (AvgIpc) is 3.69. The molecule has 0 spiro atoms. The van der Waals surface area contributed by atoms with Crippen molar-refractivity contribution in [3.05, 3.63) is 94.7 Å². The number of rotatable bonds is 9. The molecule has 1 saturated heterocycles. The molecule has 0 saturated carbocycles.